The van der Waals surface area contributed by atoms with Crippen molar-refractivity contribution in [2.75, 3.05) is 6.67 Å². The quantitative estimate of drug-likeness (QED) is 0.470. The number of rotatable bonds is 2. The van der Waals surface area contributed by atoms with Crippen molar-refractivity contribution in [3.63, 3.8) is 0 Å². The van der Waals surface area contributed by atoms with Gasteiger partial charge in [0.2, 0.25) is 5.82 Å². The lowest BCUT2D eigenvalue weighted by Gasteiger charge is -2.11. The van der Waals surface area contributed by atoms with E-state index in [1.165, 1.54) is 0 Å². The van der Waals surface area contributed by atoms with Gasteiger partial charge in [-0.2, -0.15) is 0 Å². The Morgan fingerprint density at radius 1 is 0.800 bits per heavy atom. The Labute approximate surface area is 80.5 Å². The zero-order valence-electron chi connectivity index (χ0n) is 7.13. The third-order valence-electron chi connectivity index (χ3n) is 1.78. The summed E-state index contributed by atoms with van der Waals surface area (Å²) in [6.45, 7) is -1.43. The smallest absolute Gasteiger partial charge is 0.200 e. The topological polar surface area (TPSA) is 26.0 Å². The van der Waals surface area contributed by atoms with Crippen LogP contribution in [0, 0.1) is 29.1 Å². The minimum atomic E-state index is -2.29. The second-order valence-electron chi connectivity index (χ2n) is 2.74. The summed E-state index contributed by atoms with van der Waals surface area (Å²) in [5, 5.41) is 0. The monoisotopic (exact) mass is 229 g/mol. The first-order chi connectivity index (χ1) is 6.91. The maximum atomic E-state index is 12.9. The molecule has 0 amide bonds. The average Bonchev–Trinajstić information content (AvgIpc) is 2.23. The summed E-state index contributed by atoms with van der Waals surface area (Å²) in [6.07, 6.45) is 0. The Balaban J connectivity index is 3.52. The van der Waals surface area contributed by atoms with Crippen LogP contribution in [-0.2, 0) is 0 Å². The van der Waals surface area contributed by atoms with E-state index in [2.05, 4.69) is 0 Å². The molecule has 0 bridgehead atoms. The van der Waals surface area contributed by atoms with Gasteiger partial charge in [0.05, 0.1) is 6.04 Å². The van der Waals surface area contributed by atoms with E-state index >= 15 is 0 Å². The van der Waals surface area contributed by atoms with Gasteiger partial charge in [-0.1, -0.05) is 0 Å². The molecule has 2 N–H and O–H groups in total. The zero-order chi connectivity index (χ0) is 11.7. The van der Waals surface area contributed by atoms with Gasteiger partial charge in [0.25, 0.3) is 0 Å². The average molecular weight is 229 g/mol. The summed E-state index contributed by atoms with van der Waals surface area (Å²) < 4.78 is 75.4. The molecule has 0 heterocycles. The van der Waals surface area contributed by atoms with Crippen molar-refractivity contribution in [2.24, 2.45) is 5.73 Å². The lowest BCUT2D eigenvalue weighted by molar-refractivity contribution is 0.350. The van der Waals surface area contributed by atoms with Crippen molar-refractivity contribution in [1.82, 2.24) is 0 Å². The Bertz CT molecular complexity index is 362. The largest absolute Gasteiger partial charge is 0.322 e. The summed E-state index contributed by atoms with van der Waals surface area (Å²) in [7, 11) is 0. The molecule has 7 heteroatoms. The van der Waals surface area contributed by atoms with Crippen molar-refractivity contribution < 1.29 is 26.3 Å². The fourth-order valence-electron chi connectivity index (χ4n) is 1.02. The van der Waals surface area contributed by atoms with Crippen LogP contribution in [0.1, 0.15) is 11.6 Å². The Hall–Kier alpha value is -1.24. The molecule has 1 atom stereocenters. The first-order valence-electron chi connectivity index (χ1n) is 3.74. The van der Waals surface area contributed by atoms with Gasteiger partial charge in [0.1, 0.15) is 6.67 Å². The Kier molecular flexibility index (Phi) is 3.23. The second kappa shape index (κ2) is 4.09. The molecule has 0 spiro atoms. The fraction of sp³-hybridized carbons (Fsp3) is 0.250. The van der Waals surface area contributed by atoms with Crippen LogP contribution in [0.15, 0.2) is 0 Å². The number of nitrogens with two attached hydrogens (primary N) is 1. The normalized spacial score (nSPS) is 13.0. The maximum Gasteiger partial charge on any atom is 0.200 e. The molecule has 0 saturated heterocycles. The molecule has 1 rings (SSSR count). The third-order valence-corrected chi connectivity index (χ3v) is 1.78. The van der Waals surface area contributed by atoms with Crippen LogP contribution < -0.4 is 5.73 Å². The van der Waals surface area contributed by atoms with Gasteiger partial charge in [-0.15, -0.1) is 0 Å². The number of halogens is 6. The maximum absolute atomic E-state index is 12.9. The van der Waals surface area contributed by atoms with Gasteiger partial charge in [-0.3, -0.25) is 0 Å². The molecule has 1 aromatic rings. The molecule has 84 valence electrons. The highest BCUT2D eigenvalue weighted by molar-refractivity contribution is 5.26. The number of hydrogen-bond donors (Lipinski definition) is 1. The lowest BCUT2D eigenvalue weighted by Crippen LogP contribution is -2.19. The molecule has 15 heavy (non-hydrogen) atoms. The summed E-state index contributed by atoms with van der Waals surface area (Å²) >= 11 is 0. The van der Waals surface area contributed by atoms with Crippen molar-refractivity contribution in [3.8, 4) is 0 Å². The van der Waals surface area contributed by atoms with Crippen molar-refractivity contribution in [1.29, 1.82) is 0 Å². The molecular formula is C8H5F6N. The summed E-state index contributed by atoms with van der Waals surface area (Å²) in [5.41, 5.74) is 3.53. The van der Waals surface area contributed by atoms with E-state index in [-0.39, 0.29) is 0 Å². The van der Waals surface area contributed by atoms with Crippen LogP contribution in [0.2, 0.25) is 0 Å². The highest BCUT2D eigenvalue weighted by Crippen LogP contribution is 2.26. The predicted octanol–water partition coefficient (Wildman–Crippen LogP) is 2.35. The van der Waals surface area contributed by atoms with E-state index in [4.69, 9.17) is 5.73 Å². The van der Waals surface area contributed by atoms with Crippen molar-refractivity contribution in [2.45, 2.75) is 6.04 Å². The SMILES string of the molecule is N[C@H](CF)c1c(F)c(F)c(F)c(F)c1F. The molecule has 0 saturated carbocycles. The van der Waals surface area contributed by atoms with Gasteiger partial charge in [0.15, 0.2) is 23.3 Å². The van der Waals surface area contributed by atoms with Crippen LogP contribution in [0.5, 0.6) is 0 Å². The molecule has 0 unspecified atom stereocenters. The van der Waals surface area contributed by atoms with Crippen molar-refractivity contribution >= 4 is 0 Å². The van der Waals surface area contributed by atoms with E-state index in [0.717, 1.165) is 0 Å². The molecule has 0 aliphatic carbocycles. The predicted molar refractivity (Wildman–Crippen MR) is 39.1 cm³/mol. The first-order valence-corrected chi connectivity index (χ1v) is 3.74. The van der Waals surface area contributed by atoms with Crippen LogP contribution in [0.25, 0.3) is 0 Å². The molecule has 1 aromatic carbocycles. The molecule has 0 aliphatic rings. The molecule has 0 aromatic heterocycles. The molecule has 0 aliphatic heterocycles. The Morgan fingerprint density at radius 2 is 1.13 bits per heavy atom. The van der Waals surface area contributed by atoms with E-state index < -0.39 is 47.4 Å². The summed E-state index contributed by atoms with van der Waals surface area (Å²) in [4.78, 5) is 0. The standard InChI is InChI=1S/C8H5F6N/c9-1-2(15)3-4(10)6(12)8(14)7(13)5(3)11/h2H,1,15H2/t2-/m1/s1. The molecule has 0 radical (unpaired) electrons. The lowest BCUT2D eigenvalue weighted by atomic mass is 10.1. The number of benzene rings is 1. The van der Waals surface area contributed by atoms with E-state index in [1.807, 2.05) is 0 Å². The first kappa shape index (κ1) is 11.8. The van der Waals surface area contributed by atoms with Gasteiger partial charge < -0.3 is 5.73 Å². The number of alkyl halides is 1. The van der Waals surface area contributed by atoms with Crippen molar-refractivity contribution in [3.05, 3.63) is 34.6 Å². The molecular weight excluding hydrogens is 224 g/mol. The summed E-state index contributed by atoms with van der Waals surface area (Å²) in [5.74, 6) is -10.8. The zero-order valence-corrected chi connectivity index (χ0v) is 7.13. The molecule has 0 fully saturated rings. The number of hydrogen-bond acceptors (Lipinski definition) is 1. The minimum Gasteiger partial charge on any atom is -0.322 e. The minimum absolute atomic E-state index is 1.34. The fourth-order valence-corrected chi connectivity index (χ4v) is 1.02. The summed E-state index contributed by atoms with van der Waals surface area (Å²) in [6, 6.07) is -1.88. The van der Waals surface area contributed by atoms with E-state index in [0.29, 0.717) is 0 Å². The van der Waals surface area contributed by atoms with Crippen LogP contribution in [0.4, 0.5) is 26.3 Å². The Morgan fingerprint density at radius 3 is 1.47 bits per heavy atom. The molecule has 1 nitrogen and oxygen atoms in total. The van der Waals surface area contributed by atoms with Crippen LogP contribution in [0.3, 0.4) is 0 Å². The van der Waals surface area contributed by atoms with Crippen LogP contribution >= 0.6 is 0 Å². The van der Waals surface area contributed by atoms with Gasteiger partial charge in [-0.25, -0.2) is 26.3 Å². The van der Waals surface area contributed by atoms with Gasteiger partial charge in [-0.05, 0) is 0 Å². The van der Waals surface area contributed by atoms with E-state index in [1.54, 1.807) is 0 Å². The van der Waals surface area contributed by atoms with E-state index in [9.17, 15) is 26.3 Å². The highest BCUT2D eigenvalue weighted by Gasteiger charge is 2.28. The van der Waals surface area contributed by atoms with Gasteiger partial charge >= 0.3 is 0 Å². The van der Waals surface area contributed by atoms with Gasteiger partial charge in [0, 0.05) is 5.56 Å². The third kappa shape index (κ3) is 1.79. The second-order valence-corrected chi connectivity index (χ2v) is 2.74. The highest BCUT2D eigenvalue weighted by atomic mass is 19.2. The van der Waals surface area contributed by atoms with Crippen LogP contribution in [-0.4, -0.2) is 6.67 Å².